The third-order valence-corrected chi connectivity index (χ3v) is 11.6. The second-order valence-corrected chi connectivity index (χ2v) is 16.1. The minimum atomic E-state index is -4.96. The first kappa shape index (κ1) is 42.6. The van der Waals surface area contributed by atoms with E-state index in [-0.39, 0.29) is 23.7 Å². The highest BCUT2D eigenvalue weighted by atomic mass is 31.2. The van der Waals surface area contributed by atoms with Crippen LogP contribution < -0.4 is 5.73 Å². The van der Waals surface area contributed by atoms with Gasteiger partial charge >= 0.3 is 7.82 Å². The summed E-state index contributed by atoms with van der Waals surface area (Å²) in [5, 5.41) is 46.0. The highest BCUT2D eigenvalue weighted by Crippen LogP contribution is 2.68. The Morgan fingerprint density at radius 2 is 1.65 bits per heavy atom. The van der Waals surface area contributed by atoms with Gasteiger partial charge in [-0.2, -0.15) is 15.6 Å². The lowest BCUT2D eigenvalue weighted by Crippen LogP contribution is -2.35. The minimum Gasteiger partial charge on any atom is -0.387 e. The zero-order chi connectivity index (χ0) is 39.5. The van der Waals surface area contributed by atoms with Crippen LogP contribution in [0.15, 0.2) is 36.7 Å². The topological polar surface area (TPSA) is 218 Å². The Balaban J connectivity index is 1.10. The fraction of sp³-hybridized carbons (Fsp3) is 0.641. The van der Waals surface area contributed by atoms with Crippen LogP contribution in [0.2, 0.25) is 0 Å². The van der Waals surface area contributed by atoms with E-state index in [9.17, 15) is 34.6 Å². The van der Waals surface area contributed by atoms with Gasteiger partial charge in [0.15, 0.2) is 17.5 Å². The first-order chi connectivity index (χ1) is 26.5. The van der Waals surface area contributed by atoms with Gasteiger partial charge in [0, 0.05) is 0 Å². The molecule has 3 aromatic rings. The van der Waals surface area contributed by atoms with E-state index >= 15 is 0 Å². The number of aliphatic hydroxyl groups excluding tert-OH is 1. The molecular weight excluding hydrogens is 730 g/mol. The number of ether oxygens (including phenoxy) is 2. The number of phosphoric acid groups is 1. The van der Waals surface area contributed by atoms with Crippen molar-refractivity contribution in [3.05, 3.63) is 59.3 Å². The number of hydrogen-bond acceptors (Lipinski definition) is 12. The van der Waals surface area contributed by atoms with Gasteiger partial charge in [-0.15, -0.1) is 0 Å². The van der Waals surface area contributed by atoms with Crippen molar-refractivity contribution in [2.45, 2.75) is 152 Å². The molecule has 2 aromatic heterocycles. The second kappa shape index (κ2) is 19.6. The van der Waals surface area contributed by atoms with Crippen LogP contribution in [0.3, 0.4) is 0 Å². The van der Waals surface area contributed by atoms with E-state index in [0.29, 0.717) is 17.5 Å². The third-order valence-electron chi connectivity index (χ3n) is 10.7. The number of nitrogen functional groups attached to an aromatic ring is 1. The number of nitrogens with two attached hydrogens (primary N) is 1. The van der Waals surface area contributed by atoms with E-state index in [0.717, 1.165) is 31.7 Å². The van der Waals surface area contributed by atoms with E-state index in [4.69, 9.17) is 24.3 Å². The maximum absolute atomic E-state index is 14.1. The van der Waals surface area contributed by atoms with Crippen LogP contribution in [-0.2, 0) is 29.7 Å². The number of fused-ring (bicyclic) bond motifs is 2. The molecule has 2 aliphatic rings. The number of halogens is 1. The molecule has 1 saturated heterocycles. The number of nitrogens with zero attached hydrogens (tertiary/aromatic N) is 5. The lowest BCUT2D eigenvalue weighted by molar-refractivity contribution is -0.0769. The van der Waals surface area contributed by atoms with Crippen LogP contribution in [0.5, 0.6) is 0 Å². The van der Waals surface area contributed by atoms with E-state index in [1.165, 1.54) is 93.6 Å². The number of hydrogen-bond donors (Lipinski definition) is 4. The van der Waals surface area contributed by atoms with Crippen molar-refractivity contribution in [2.24, 2.45) is 0 Å². The van der Waals surface area contributed by atoms with Crippen molar-refractivity contribution in [1.82, 2.24) is 14.6 Å². The number of unbranched alkanes of at least 4 members (excludes halogenated alkanes) is 14. The Morgan fingerprint density at radius 3 is 2.25 bits per heavy atom. The Labute approximate surface area is 322 Å². The van der Waals surface area contributed by atoms with E-state index in [1.54, 1.807) is 12.1 Å². The highest BCUT2D eigenvalue weighted by molar-refractivity contribution is 7.47. The van der Waals surface area contributed by atoms with Gasteiger partial charge in [0.05, 0.1) is 36.6 Å². The van der Waals surface area contributed by atoms with Crippen LogP contribution in [0.1, 0.15) is 133 Å². The van der Waals surface area contributed by atoms with Gasteiger partial charge in [-0.05, 0) is 42.3 Å². The van der Waals surface area contributed by atoms with Gasteiger partial charge < -0.3 is 30.3 Å². The van der Waals surface area contributed by atoms with Gasteiger partial charge in [-0.1, -0.05) is 103 Å². The number of aromatic nitrogens is 3. The van der Waals surface area contributed by atoms with Gasteiger partial charge in [-0.25, -0.2) is 18.5 Å². The predicted octanol–water partition coefficient (Wildman–Crippen LogP) is 7.11. The van der Waals surface area contributed by atoms with Crippen LogP contribution in [0.25, 0.3) is 5.52 Å². The van der Waals surface area contributed by atoms with Crippen LogP contribution in [0, 0.1) is 28.5 Å². The molecule has 14 nitrogen and oxygen atoms in total. The fourth-order valence-corrected chi connectivity index (χ4v) is 8.49. The normalized spacial score (nSPS) is 24.6. The molecule has 5 rings (SSSR count). The van der Waals surface area contributed by atoms with Crippen molar-refractivity contribution in [2.75, 3.05) is 12.3 Å². The molecule has 3 heterocycles. The molecule has 0 spiro atoms. The van der Waals surface area contributed by atoms with E-state index < -0.39 is 55.9 Å². The summed E-state index contributed by atoms with van der Waals surface area (Å²) in [6, 6.07) is 10.7. The summed E-state index contributed by atoms with van der Waals surface area (Å²) in [5.41, 5.74) is 2.59. The molecule has 1 aromatic carbocycles. The molecule has 3 unspecified atom stereocenters. The average molecular weight is 785 g/mol. The number of aliphatic hydroxyl groups is 2. The number of anilines is 1. The SMILES string of the molecule is CCCCCCCCCCCCCCCCCC(COP(=O)(O)OC1[C@@]2(C#N)O[C@@H](c3ccc4c(N)ncnn34)[C@H](O)[C@@]12O)OCc1cc(F)cc(C#N)c1. The van der Waals surface area contributed by atoms with Crippen LogP contribution in [-0.4, -0.2) is 65.8 Å². The number of nitriles is 2. The van der Waals surface area contributed by atoms with Crippen LogP contribution in [0.4, 0.5) is 10.2 Å². The lowest BCUT2D eigenvalue weighted by Gasteiger charge is -2.24. The second-order valence-electron chi connectivity index (χ2n) is 14.7. The van der Waals surface area contributed by atoms with Gasteiger partial charge in [-0.3, -0.25) is 9.05 Å². The molecule has 7 atom stereocenters. The zero-order valence-electron chi connectivity index (χ0n) is 31.5. The minimum absolute atomic E-state index is 0.0812. The van der Waals surface area contributed by atoms with Gasteiger partial charge in [0.2, 0.25) is 5.60 Å². The molecule has 5 N–H and O–H groups in total. The number of benzene rings is 1. The molecule has 0 amide bonds. The summed E-state index contributed by atoms with van der Waals surface area (Å²) >= 11 is 0. The third kappa shape index (κ3) is 10.3. The summed E-state index contributed by atoms with van der Waals surface area (Å²) in [4.78, 5) is 14.6. The Hall–Kier alpha value is -3.50. The predicted molar refractivity (Wildman–Crippen MR) is 200 cm³/mol. The molecule has 300 valence electrons. The maximum atomic E-state index is 14.1. The Kier molecular flexibility index (Phi) is 15.2. The van der Waals surface area contributed by atoms with Crippen molar-refractivity contribution >= 4 is 19.2 Å². The molecule has 0 radical (unpaired) electrons. The van der Waals surface area contributed by atoms with Crippen LogP contribution >= 0.6 is 7.82 Å². The number of rotatable bonds is 25. The number of phosphoric ester groups is 1. The summed E-state index contributed by atoms with van der Waals surface area (Å²) in [6.07, 6.45) is 14.2. The zero-order valence-corrected chi connectivity index (χ0v) is 32.4. The molecule has 55 heavy (non-hydrogen) atoms. The van der Waals surface area contributed by atoms with Crippen molar-refractivity contribution in [3.63, 3.8) is 0 Å². The fourth-order valence-electron chi connectivity index (χ4n) is 7.50. The largest absolute Gasteiger partial charge is 0.472 e. The first-order valence-electron chi connectivity index (χ1n) is 19.5. The molecule has 16 heteroatoms. The Bertz CT molecular complexity index is 1850. The molecule has 1 aliphatic heterocycles. The molecule has 1 aliphatic carbocycles. The summed E-state index contributed by atoms with van der Waals surface area (Å²) in [5.74, 6) is -0.424. The smallest absolute Gasteiger partial charge is 0.387 e. The van der Waals surface area contributed by atoms with Gasteiger partial charge in [0.25, 0.3) is 0 Å². The molecule has 0 bridgehead atoms. The maximum Gasteiger partial charge on any atom is 0.472 e. The molecule has 2 fully saturated rings. The molecular formula is C39H54FN6O8P. The summed E-state index contributed by atoms with van der Waals surface area (Å²) in [7, 11) is -4.96. The summed E-state index contributed by atoms with van der Waals surface area (Å²) in [6.45, 7) is 1.75. The monoisotopic (exact) mass is 784 g/mol. The highest BCUT2D eigenvalue weighted by Gasteiger charge is 2.90. The van der Waals surface area contributed by atoms with E-state index in [1.807, 2.05) is 12.1 Å². The van der Waals surface area contributed by atoms with E-state index in [2.05, 4.69) is 17.0 Å². The molecule has 1 saturated carbocycles. The van der Waals surface area contributed by atoms with Crippen molar-refractivity contribution in [3.8, 4) is 12.1 Å². The first-order valence-corrected chi connectivity index (χ1v) is 21.0. The van der Waals surface area contributed by atoms with Gasteiger partial charge in [0.1, 0.15) is 35.9 Å². The standard InChI is InChI=1S/C39H54FN6O8P/c1-2-3-4-5-6-7-8-9-10-11-12-13-14-15-16-17-31(51-24-29-20-28(23-41)21-30(40)22-29)25-52-55(49,50)54-37-38(26-42)39(37,48)35(47)34(53-38)32-18-19-33-36(43)44-27-45-46(32)33/h18-22,27,31,34-35,37,47-48H,2-17,24-25H2,1H3,(H,49,50)(H2,43,44,45)/t31?,34-,35-,37?,38+,39+/m0/s1. The van der Waals surface area contributed by atoms with Crippen molar-refractivity contribution < 1.29 is 42.6 Å². The Morgan fingerprint density at radius 1 is 1.02 bits per heavy atom. The lowest BCUT2D eigenvalue weighted by atomic mass is 10.0. The average Bonchev–Trinajstić information content (AvgIpc) is 3.39. The summed E-state index contributed by atoms with van der Waals surface area (Å²) < 4.78 is 51.1. The quantitative estimate of drug-likeness (QED) is 0.0498. The van der Waals surface area contributed by atoms with Crippen molar-refractivity contribution in [1.29, 1.82) is 10.5 Å².